The second kappa shape index (κ2) is 8.44. The number of aliphatic imine (C=N–C) groups is 2. The molecule has 0 aromatic rings. The molecular weight excluding hydrogens is 414 g/mol. The zero-order chi connectivity index (χ0) is 22.4. The molecule has 30 heavy (non-hydrogen) atoms. The Kier molecular flexibility index (Phi) is 6.79. The summed E-state index contributed by atoms with van der Waals surface area (Å²) in [6, 6.07) is -0.146. The molecule has 0 amide bonds. The quantitative estimate of drug-likeness (QED) is 0.460. The number of likely N-dealkylation sites (N-methyl/N-ethyl adjacent to an activating group) is 1. The summed E-state index contributed by atoms with van der Waals surface area (Å²) < 4.78 is 6.77. The highest BCUT2D eigenvalue weighted by atomic mass is 32.1. The van der Waals surface area contributed by atoms with Crippen LogP contribution in [0.5, 0.6) is 0 Å². The molecular formula is C23H36N3O2S2-. The van der Waals surface area contributed by atoms with Crippen LogP contribution in [-0.2, 0) is 4.74 Å². The molecule has 8 atom stereocenters. The van der Waals surface area contributed by atoms with E-state index in [1.165, 1.54) is 0 Å². The van der Waals surface area contributed by atoms with E-state index >= 15 is 0 Å². The van der Waals surface area contributed by atoms with Crippen LogP contribution in [0.25, 0.3) is 5.32 Å². The van der Waals surface area contributed by atoms with Crippen molar-refractivity contribution < 1.29 is 9.84 Å². The molecule has 3 rings (SSSR count). The Labute approximate surface area is 192 Å². The molecule has 0 radical (unpaired) electrons. The lowest BCUT2D eigenvalue weighted by molar-refractivity contribution is -0.152. The van der Waals surface area contributed by atoms with Gasteiger partial charge in [-0.3, -0.25) is 0 Å². The van der Waals surface area contributed by atoms with Gasteiger partial charge < -0.3 is 15.2 Å². The first kappa shape index (κ1) is 24.1. The minimum absolute atomic E-state index is 0.00447. The topological polar surface area (TPSA) is 68.3 Å². The Balaban J connectivity index is 1.98. The van der Waals surface area contributed by atoms with Crippen molar-refractivity contribution in [3.8, 4) is 0 Å². The van der Waals surface area contributed by atoms with Gasteiger partial charge in [0.1, 0.15) is 0 Å². The number of aliphatic hydroxyl groups is 1. The zero-order valence-electron chi connectivity index (χ0n) is 19.1. The summed E-state index contributed by atoms with van der Waals surface area (Å²) in [5.41, 5.74) is -1.75. The minimum atomic E-state index is -0.816. The summed E-state index contributed by atoms with van der Waals surface area (Å²) >= 11 is 9.87. The van der Waals surface area contributed by atoms with Crippen molar-refractivity contribution in [3.05, 3.63) is 5.32 Å². The number of thiocarbonyl (C=S) groups is 2. The maximum Gasteiger partial charge on any atom is 0.0915 e. The van der Waals surface area contributed by atoms with Gasteiger partial charge >= 0.3 is 0 Å². The maximum atomic E-state index is 11.2. The fourth-order valence-corrected chi connectivity index (χ4v) is 7.14. The van der Waals surface area contributed by atoms with Crippen molar-refractivity contribution in [3.63, 3.8) is 0 Å². The van der Waals surface area contributed by atoms with Gasteiger partial charge in [0.15, 0.2) is 0 Å². The first-order valence-corrected chi connectivity index (χ1v) is 11.9. The predicted molar refractivity (Wildman–Crippen MR) is 128 cm³/mol. The van der Waals surface area contributed by atoms with Gasteiger partial charge in [-0.25, -0.2) is 9.98 Å². The van der Waals surface area contributed by atoms with E-state index in [9.17, 15) is 5.11 Å². The summed E-state index contributed by atoms with van der Waals surface area (Å²) in [4.78, 5) is 9.02. The normalized spacial score (nSPS) is 46.4. The highest BCUT2D eigenvalue weighted by Gasteiger charge is 2.59. The van der Waals surface area contributed by atoms with Crippen LogP contribution in [0.4, 0.5) is 0 Å². The molecule has 2 aliphatic carbocycles. The van der Waals surface area contributed by atoms with Gasteiger partial charge in [-0.05, 0) is 115 Å². The van der Waals surface area contributed by atoms with Crippen LogP contribution in [0, 0.1) is 17.8 Å². The average molecular weight is 451 g/mol. The second-order valence-electron chi connectivity index (χ2n) is 10.8. The number of ether oxygens (including phenoxy) is 1. The Morgan fingerprint density at radius 3 is 2.30 bits per heavy atom. The molecule has 5 nitrogen and oxygen atoms in total. The minimum Gasteiger partial charge on any atom is -0.660 e. The van der Waals surface area contributed by atoms with Crippen molar-refractivity contribution in [1.82, 2.24) is 0 Å². The smallest absolute Gasteiger partial charge is 0.0915 e. The van der Waals surface area contributed by atoms with Crippen LogP contribution in [0.15, 0.2) is 9.98 Å². The van der Waals surface area contributed by atoms with E-state index in [2.05, 4.69) is 48.0 Å². The van der Waals surface area contributed by atoms with Crippen molar-refractivity contribution in [2.75, 3.05) is 7.05 Å². The van der Waals surface area contributed by atoms with Gasteiger partial charge in [0.2, 0.25) is 0 Å². The number of isothiocyanates is 2. The van der Waals surface area contributed by atoms with Crippen LogP contribution in [-0.4, -0.2) is 56.9 Å². The van der Waals surface area contributed by atoms with Crippen molar-refractivity contribution in [1.29, 1.82) is 0 Å². The van der Waals surface area contributed by atoms with Gasteiger partial charge in [0.05, 0.1) is 33.1 Å². The standard InChI is InChI=1S/C23H36N3O2S2/c1-20(2,25-13-29)17-9-12-23(5,28-17)16-7-10-21(3,26-14-30)15-8-11-22(4,27)19(24-6)18(15)16/h15-19,27H,7-12H2,1-6H3/q-1/t15-,16-,17-,18-,19+,21-,22+,23+/m0/s1. The van der Waals surface area contributed by atoms with Crippen LogP contribution in [0.2, 0.25) is 0 Å². The monoisotopic (exact) mass is 450 g/mol. The lowest BCUT2D eigenvalue weighted by Crippen LogP contribution is -2.62. The van der Waals surface area contributed by atoms with Gasteiger partial charge in [-0.15, -0.1) is 6.04 Å². The lowest BCUT2D eigenvalue weighted by Gasteiger charge is -2.63. The van der Waals surface area contributed by atoms with Crippen LogP contribution in [0.1, 0.15) is 73.1 Å². The van der Waals surface area contributed by atoms with Gasteiger partial charge in [0.25, 0.3) is 0 Å². The molecule has 1 N–H and O–H groups in total. The molecule has 3 fully saturated rings. The molecule has 0 bridgehead atoms. The molecule has 168 valence electrons. The summed E-state index contributed by atoms with van der Waals surface area (Å²) in [5, 5.41) is 21.2. The largest absolute Gasteiger partial charge is 0.660 e. The summed E-state index contributed by atoms with van der Waals surface area (Å²) in [6.07, 6.45) is 5.47. The Morgan fingerprint density at radius 2 is 1.70 bits per heavy atom. The molecule has 7 heteroatoms. The van der Waals surface area contributed by atoms with Crippen molar-refractivity contribution >= 4 is 34.8 Å². The second-order valence-corrected chi connectivity index (χ2v) is 11.2. The molecule has 1 aliphatic heterocycles. The van der Waals surface area contributed by atoms with E-state index in [0.29, 0.717) is 5.92 Å². The Bertz CT molecular complexity index is 760. The summed E-state index contributed by atoms with van der Waals surface area (Å²) in [6.45, 7) is 10.5. The fraction of sp³-hybridized carbons (Fsp3) is 0.913. The van der Waals surface area contributed by atoms with Crippen LogP contribution < -0.4 is 0 Å². The predicted octanol–water partition coefficient (Wildman–Crippen LogP) is 5.23. The molecule has 0 aromatic carbocycles. The third kappa shape index (κ3) is 4.11. The van der Waals surface area contributed by atoms with E-state index in [4.69, 9.17) is 34.5 Å². The third-order valence-electron chi connectivity index (χ3n) is 8.45. The number of hydrogen-bond acceptors (Lipinski definition) is 6. The molecule has 0 spiro atoms. The summed E-state index contributed by atoms with van der Waals surface area (Å²) in [5.74, 6) is 0.770. The Hall–Kier alpha value is -0.520. The molecule has 1 heterocycles. The van der Waals surface area contributed by atoms with E-state index in [1.54, 1.807) is 0 Å². The third-order valence-corrected chi connectivity index (χ3v) is 8.64. The first-order valence-electron chi connectivity index (χ1n) is 11.1. The average Bonchev–Trinajstić information content (AvgIpc) is 3.05. The fourth-order valence-electron chi connectivity index (χ4n) is 6.70. The van der Waals surface area contributed by atoms with Gasteiger partial charge in [-0.1, -0.05) is 0 Å². The molecule has 3 aliphatic rings. The number of fused-ring (bicyclic) bond motifs is 1. The van der Waals surface area contributed by atoms with Gasteiger partial charge in [-0.2, -0.15) is 7.05 Å². The number of nitrogens with zero attached hydrogens (tertiary/aromatic N) is 3. The molecule has 2 saturated carbocycles. The molecule has 1 saturated heterocycles. The van der Waals surface area contributed by atoms with Crippen molar-refractivity contribution in [2.45, 2.75) is 108 Å². The van der Waals surface area contributed by atoms with Gasteiger partial charge in [0, 0.05) is 5.60 Å². The van der Waals surface area contributed by atoms with E-state index < -0.39 is 11.1 Å². The van der Waals surface area contributed by atoms with Crippen LogP contribution in [0.3, 0.4) is 0 Å². The number of rotatable bonds is 5. The van der Waals surface area contributed by atoms with Crippen molar-refractivity contribution in [2.24, 2.45) is 27.7 Å². The maximum absolute atomic E-state index is 11.2. The highest BCUT2D eigenvalue weighted by molar-refractivity contribution is 7.78. The van der Waals surface area contributed by atoms with Crippen LogP contribution >= 0.6 is 24.4 Å². The SMILES string of the molecule is C[N-][C@@H]1[C@@H]2[C@@H]([C@@]3(C)CC[C@@H](C(C)(C)N=C=S)O3)CC[C@](C)(N=C=S)[C@H]2CC[C@@]1(C)O. The van der Waals surface area contributed by atoms with E-state index in [1.807, 2.05) is 14.0 Å². The molecule has 0 aromatic heterocycles. The Morgan fingerprint density at radius 1 is 1.03 bits per heavy atom. The zero-order valence-corrected chi connectivity index (χ0v) is 20.8. The lowest BCUT2D eigenvalue weighted by atomic mass is 9.51. The number of hydrogen-bond donors (Lipinski definition) is 1. The first-order chi connectivity index (χ1) is 13.9. The molecule has 0 unspecified atom stereocenters. The summed E-state index contributed by atoms with van der Waals surface area (Å²) in [7, 11) is 1.84. The van der Waals surface area contributed by atoms with E-state index in [0.717, 1.165) is 38.5 Å². The highest BCUT2D eigenvalue weighted by Crippen LogP contribution is 2.59. The van der Waals surface area contributed by atoms with E-state index in [-0.39, 0.29) is 35.1 Å².